The molecule has 0 radical (unpaired) electrons. The van der Waals surface area contributed by atoms with Crippen LogP contribution in [0.25, 0.3) is 0 Å². The summed E-state index contributed by atoms with van der Waals surface area (Å²) in [5, 5.41) is 8.16. The predicted molar refractivity (Wildman–Crippen MR) is 80.0 cm³/mol. The molecule has 0 unspecified atom stereocenters. The van der Waals surface area contributed by atoms with Crippen LogP contribution in [0.5, 0.6) is 0 Å². The van der Waals surface area contributed by atoms with E-state index in [1.165, 1.54) is 24.0 Å². The molecule has 3 N–H and O–H groups in total. The minimum Gasteiger partial charge on any atom is -0.348 e. The van der Waals surface area contributed by atoms with Gasteiger partial charge in [0.1, 0.15) is 6.04 Å². The number of rotatable bonds is 3. The second-order valence-corrected chi connectivity index (χ2v) is 5.87. The molecule has 3 amide bonds. The van der Waals surface area contributed by atoms with E-state index in [1.54, 1.807) is 0 Å². The number of aryl methyl sites for hydroxylation is 2. The van der Waals surface area contributed by atoms with E-state index in [1.807, 2.05) is 6.92 Å². The van der Waals surface area contributed by atoms with Crippen molar-refractivity contribution in [2.45, 2.75) is 44.7 Å². The fourth-order valence-electron chi connectivity index (χ4n) is 3.03. The molecule has 0 bridgehead atoms. The number of urea groups is 1. The van der Waals surface area contributed by atoms with Crippen molar-refractivity contribution in [1.82, 2.24) is 16.0 Å². The van der Waals surface area contributed by atoms with Gasteiger partial charge in [-0.05, 0) is 49.3 Å². The van der Waals surface area contributed by atoms with Crippen LogP contribution in [0.1, 0.15) is 42.5 Å². The van der Waals surface area contributed by atoms with Crippen molar-refractivity contribution >= 4 is 11.9 Å². The summed E-state index contributed by atoms with van der Waals surface area (Å²) in [7, 11) is 0. The quantitative estimate of drug-likeness (QED) is 0.787. The molecule has 21 heavy (non-hydrogen) atoms. The van der Waals surface area contributed by atoms with Gasteiger partial charge in [0.2, 0.25) is 5.91 Å². The van der Waals surface area contributed by atoms with E-state index in [2.05, 4.69) is 34.1 Å². The second kappa shape index (κ2) is 5.76. The summed E-state index contributed by atoms with van der Waals surface area (Å²) in [6.07, 6.45) is 4.81. The second-order valence-electron chi connectivity index (χ2n) is 5.87. The van der Waals surface area contributed by atoms with Gasteiger partial charge in [-0.3, -0.25) is 4.79 Å². The molecular formula is C16H21N3O2. The zero-order valence-corrected chi connectivity index (χ0v) is 12.2. The van der Waals surface area contributed by atoms with E-state index in [0.717, 1.165) is 18.4 Å². The van der Waals surface area contributed by atoms with Gasteiger partial charge in [-0.15, -0.1) is 0 Å². The summed E-state index contributed by atoms with van der Waals surface area (Å²) < 4.78 is 0. The molecule has 2 atom stereocenters. The molecule has 0 spiro atoms. The lowest BCUT2D eigenvalue weighted by Gasteiger charge is -2.21. The van der Waals surface area contributed by atoms with Crippen LogP contribution in [0.3, 0.4) is 0 Å². The molecule has 2 aliphatic rings. The van der Waals surface area contributed by atoms with E-state index in [0.29, 0.717) is 6.54 Å². The van der Waals surface area contributed by atoms with Crippen LogP contribution in [0.2, 0.25) is 0 Å². The molecule has 3 rings (SSSR count). The van der Waals surface area contributed by atoms with Crippen molar-refractivity contribution in [2.24, 2.45) is 0 Å². The van der Waals surface area contributed by atoms with Crippen molar-refractivity contribution in [2.75, 3.05) is 6.54 Å². The van der Waals surface area contributed by atoms with Crippen LogP contribution in [0.4, 0.5) is 4.79 Å². The molecule has 0 saturated carbocycles. The first-order valence-electron chi connectivity index (χ1n) is 7.60. The van der Waals surface area contributed by atoms with E-state index in [4.69, 9.17) is 0 Å². The Morgan fingerprint density at radius 2 is 2.05 bits per heavy atom. The molecule has 1 heterocycles. The molecule has 1 aliphatic carbocycles. The lowest BCUT2D eigenvalue weighted by molar-refractivity contribution is -0.123. The van der Waals surface area contributed by atoms with Crippen molar-refractivity contribution < 1.29 is 9.59 Å². The normalized spacial score (nSPS) is 22.0. The molecule has 1 fully saturated rings. The summed E-state index contributed by atoms with van der Waals surface area (Å²) in [6.45, 7) is 2.33. The first-order chi connectivity index (χ1) is 10.1. The molecule has 1 aromatic carbocycles. The molecule has 5 heteroatoms. The van der Waals surface area contributed by atoms with Crippen LogP contribution < -0.4 is 16.0 Å². The number of fused-ring (bicyclic) bond motifs is 1. The van der Waals surface area contributed by atoms with Crippen LogP contribution in [0, 0.1) is 0 Å². The van der Waals surface area contributed by atoms with Gasteiger partial charge in [0.15, 0.2) is 0 Å². The maximum atomic E-state index is 12.1. The van der Waals surface area contributed by atoms with Gasteiger partial charge >= 0.3 is 6.03 Å². The fraction of sp³-hybridized carbons (Fsp3) is 0.500. The topological polar surface area (TPSA) is 70.2 Å². The van der Waals surface area contributed by atoms with Crippen LogP contribution >= 0.6 is 0 Å². The smallest absolute Gasteiger partial charge is 0.315 e. The molecule has 0 aromatic heterocycles. The number of carbonyl (C=O) groups is 2. The van der Waals surface area contributed by atoms with Crippen LogP contribution in [-0.4, -0.2) is 24.5 Å². The highest BCUT2D eigenvalue weighted by molar-refractivity contribution is 5.90. The summed E-state index contributed by atoms with van der Waals surface area (Å²) >= 11 is 0. The highest BCUT2D eigenvalue weighted by Gasteiger charge is 2.27. The van der Waals surface area contributed by atoms with E-state index in [9.17, 15) is 9.59 Å². The van der Waals surface area contributed by atoms with Gasteiger partial charge in [-0.2, -0.15) is 0 Å². The standard InChI is InChI=1S/C16H21N3O2/c1-10(18-15(20)14-9-17-16(21)19-14)12-7-6-11-4-2-3-5-13(11)8-12/h6-8,10,14H,2-5,9H2,1H3,(H,18,20)(H2,17,19,21)/t10-,14-/m0/s1. The third-order valence-corrected chi connectivity index (χ3v) is 4.32. The van der Waals surface area contributed by atoms with Gasteiger partial charge in [-0.25, -0.2) is 4.79 Å². The zero-order valence-electron chi connectivity index (χ0n) is 12.2. The molecular weight excluding hydrogens is 266 g/mol. The average molecular weight is 287 g/mol. The SMILES string of the molecule is C[C@H](NC(=O)[C@@H]1CNC(=O)N1)c1ccc2c(c1)CCCC2. The maximum absolute atomic E-state index is 12.1. The third kappa shape index (κ3) is 3.01. The van der Waals surface area contributed by atoms with Crippen LogP contribution in [-0.2, 0) is 17.6 Å². The largest absolute Gasteiger partial charge is 0.348 e. The highest BCUT2D eigenvalue weighted by atomic mass is 16.2. The Bertz CT molecular complexity index is 571. The van der Waals surface area contributed by atoms with Crippen molar-refractivity contribution in [3.8, 4) is 0 Å². The Morgan fingerprint density at radius 1 is 1.29 bits per heavy atom. The van der Waals surface area contributed by atoms with Crippen molar-refractivity contribution in [1.29, 1.82) is 0 Å². The van der Waals surface area contributed by atoms with Gasteiger partial charge in [0.25, 0.3) is 0 Å². The van der Waals surface area contributed by atoms with E-state index in [-0.39, 0.29) is 18.0 Å². The fourth-order valence-corrected chi connectivity index (χ4v) is 3.03. The number of amides is 3. The highest BCUT2D eigenvalue weighted by Crippen LogP contribution is 2.24. The number of hydrogen-bond acceptors (Lipinski definition) is 2. The minimum atomic E-state index is -0.474. The third-order valence-electron chi connectivity index (χ3n) is 4.32. The molecule has 1 aromatic rings. The van der Waals surface area contributed by atoms with Gasteiger partial charge in [0.05, 0.1) is 6.04 Å². The first-order valence-corrected chi connectivity index (χ1v) is 7.60. The maximum Gasteiger partial charge on any atom is 0.315 e. The summed E-state index contributed by atoms with van der Waals surface area (Å²) in [5.41, 5.74) is 3.98. The lowest BCUT2D eigenvalue weighted by Crippen LogP contribution is -2.43. The number of benzene rings is 1. The molecule has 5 nitrogen and oxygen atoms in total. The summed E-state index contributed by atoms with van der Waals surface area (Å²) in [6, 6.07) is 5.69. The molecule has 1 aliphatic heterocycles. The Balaban J connectivity index is 1.66. The average Bonchev–Trinajstić information content (AvgIpc) is 2.93. The minimum absolute atomic E-state index is 0.0535. The van der Waals surface area contributed by atoms with Gasteiger partial charge < -0.3 is 16.0 Å². The molecule has 112 valence electrons. The van der Waals surface area contributed by atoms with Gasteiger partial charge in [-0.1, -0.05) is 18.2 Å². The Labute approximate surface area is 124 Å². The Hall–Kier alpha value is -2.04. The van der Waals surface area contributed by atoms with E-state index < -0.39 is 6.04 Å². The first kappa shape index (κ1) is 13.9. The monoisotopic (exact) mass is 287 g/mol. The lowest BCUT2D eigenvalue weighted by atomic mass is 9.89. The van der Waals surface area contributed by atoms with Crippen molar-refractivity contribution in [3.05, 3.63) is 34.9 Å². The molecule has 1 saturated heterocycles. The zero-order chi connectivity index (χ0) is 14.8. The Kier molecular flexibility index (Phi) is 3.82. The predicted octanol–water partition coefficient (Wildman–Crippen LogP) is 1.42. The van der Waals surface area contributed by atoms with Gasteiger partial charge in [0, 0.05) is 6.54 Å². The summed E-state index contributed by atoms with van der Waals surface area (Å²) in [4.78, 5) is 23.2. The van der Waals surface area contributed by atoms with Crippen molar-refractivity contribution in [3.63, 3.8) is 0 Å². The van der Waals surface area contributed by atoms with E-state index >= 15 is 0 Å². The summed E-state index contributed by atoms with van der Waals surface area (Å²) in [5.74, 6) is -0.140. The Morgan fingerprint density at radius 3 is 2.76 bits per heavy atom. The number of nitrogens with one attached hydrogen (secondary N) is 3. The number of hydrogen-bond donors (Lipinski definition) is 3. The van der Waals surface area contributed by atoms with Crippen LogP contribution in [0.15, 0.2) is 18.2 Å². The number of carbonyl (C=O) groups excluding carboxylic acids is 2.